The van der Waals surface area contributed by atoms with E-state index < -0.39 is 0 Å². The highest BCUT2D eigenvalue weighted by Gasteiger charge is 2.15. The lowest BCUT2D eigenvalue weighted by Gasteiger charge is -2.23. The van der Waals surface area contributed by atoms with E-state index in [-0.39, 0.29) is 12.4 Å². The summed E-state index contributed by atoms with van der Waals surface area (Å²) in [5, 5.41) is 3.40. The molecule has 1 aromatic carbocycles. The average Bonchev–Trinajstić information content (AvgIpc) is 2.29. The number of rotatable bonds is 2. The molecule has 0 aliphatic carbocycles. The molecular formula is C13H20ClNO. The minimum atomic E-state index is 0. The quantitative estimate of drug-likeness (QED) is 0.860. The molecule has 0 atom stereocenters. The van der Waals surface area contributed by atoms with Gasteiger partial charge in [0.2, 0.25) is 0 Å². The van der Waals surface area contributed by atoms with E-state index in [0.717, 1.165) is 18.8 Å². The largest absolute Gasteiger partial charge is 0.497 e. The van der Waals surface area contributed by atoms with Gasteiger partial charge in [-0.3, -0.25) is 0 Å². The third-order valence-corrected chi connectivity index (χ3v) is 3.12. The van der Waals surface area contributed by atoms with Gasteiger partial charge in [-0.25, -0.2) is 0 Å². The Morgan fingerprint density at radius 2 is 1.88 bits per heavy atom. The van der Waals surface area contributed by atoms with Crippen LogP contribution in [0.15, 0.2) is 18.2 Å². The fourth-order valence-corrected chi connectivity index (χ4v) is 2.29. The fourth-order valence-electron chi connectivity index (χ4n) is 2.29. The molecule has 2 nitrogen and oxygen atoms in total. The summed E-state index contributed by atoms with van der Waals surface area (Å²) in [4.78, 5) is 0. The lowest BCUT2D eigenvalue weighted by Crippen LogP contribution is -2.26. The Balaban J connectivity index is 0.00000128. The molecule has 3 heteroatoms. The van der Waals surface area contributed by atoms with Crippen molar-refractivity contribution in [2.75, 3.05) is 20.2 Å². The second-order valence-corrected chi connectivity index (χ2v) is 4.31. The summed E-state index contributed by atoms with van der Waals surface area (Å²) in [6.45, 7) is 4.41. The monoisotopic (exact) mass is 241 g/mol. The molecule has 1 saturated heterocycles. The first-order chi connectivity index (χ1) is 7.29. The van der Waals surface area contributed by atoms with Crippen LogP contribution in [0.5, 0.6) is 5.75 Å². The highest BCUT2D eigenvalue weighted by molar-refractivity contribution is 5.85. The smallest absolute Gasteiger partial charge is 0.119 e. The average molecular weight is 242 g/mol. The van der Waals surface area contributed by atoms with Crippen molar-refractivity contribution < 1.29 is 4.74 Å². The van der Waals surface area contributed by atoms with E-state index in [2.05, 4.69) is 30.4 Å². The summed E-state index contributed by atoms with van der Waals surface area (Å²) >= 11 is 0. The van der Waals surface area contributed by atoms with Gasteiger partial charge in [0, 0.05) is 0 Å². The van der Waals surface area contributed by atoms with Gasteiger partial charge < -0.3 is 10.1 Å². The normalized spacial score (nSPS) is 16.6. The van der Waals surface area contributed by atoms with Gasteiger partial charge in [-0.15, -0.1) is 12.4 Å². The summed E-state index contributed by atoms with van der Waals surface area (Å²) in [6, 6.07) is 6.56. The number of aryl methyl sites for hydroxylation is 1. The maximum atomic E-state index is 5.31. The molecule has 0 unspecified atom stereocenters. The van der Waals surface area contributed by atoms with Gasteiger partial charge in [-0.1, -0.05) is 6.07 Å². The van der Waals surface area contributed by atoms with Crippen molar-refractivity contribution in [3.8, 4) is 5.75 Å². The molecule has 0 radical (unpaired) electrons. The van der Waals surface area contributed by atoms with Crippen molar-refractivity contribution in [1.82, 2.24) is 5.32 Å². The molecule has 90 valence electrons. The summed E-state index contributed by atoms with van der Waals surface area (Å²) in [5.74, 6) is 1.70. The second kappa shape index (κ2) is 6.12. The van der Waals surface area contributed by atoms with Crippen LogP contribution in [0.25, 0.3) is 0 Å². The zero-order chi connectivity index (χ0) is 10.7. The van der Waals surface area contributed by atoms with Crippen LogP contribution in [-0.2, 0) is 0 Å². The third kappa shape index (κ3) is 3.13. The third-order valence-electron chi connectivity index (χ3n) is 3.12. The molecule has 0 aromatic heterocycles. The Morgan fingerprint density at radius 1 is 1.19 bits per heavy atom. The van der Waals surface area contributed by atoms with Crippen molar-refractivity contribution in [2.45, 2.75) is 25.7 Å². The summed E-state index contributed by atoms with van der Waals surface area (Å²) in [7, 11) is 1.74. The molecule has 0 saturated carbocycles. The highest BCUT2D eigenvalue weighted by Crippen LogP contribution is 2.28. The summed E-state index contributed by atoms with van der Waals surface area (Å²) in [5.41, 5.74) is 2.73. The van der Waals surface area contributed by atoms with Crippen LogP contribution in [0.4, 0.5) is 0 Å². The van der Waals surface area contributed by atoms with Gasteiger partial charge in [0.15, 0.2) is 0 Å². The first-order valence-electron chi connectivity index (χ1n) is 5.66. The van der Waals surface area contributed by atoms with E-state index in [0.29, 0.717) is 5.92 Å². The van der Waals surface area contributed by atoms with Gasteiger partial charge in [0.1, 0.15) is 5.75 Å². The van der Waals surface area contributed by atoms with E-state index in [4.69, 9.17) is 4.74 Å². The van der Waals surface area contributed by atoms with Crippen LogP contribution in [0.3, 0.4) is 0 Å². The number of halogens is 1. The fraction of sp³-hybridized carbons (Fsp3) is 0.538. The number of methoxy groups -OCH3 is 1. The van der Waals surface area contributed by atoms with E-state index in [1.54, 1.807) is 7.11 Å². The predicted octanol–water partition coefficient (Wildman–Crippen LogP) is 2.89. The van der Waals surface area contributed by atoms with Crippen LogP contribution >= 0.6 is 12.4 Å². The van der Waals surface area contributed by atoms with Gasteiger partial charge in [-0.05, 0) is 62.0 Å². The Labute approximate surface area is 104 Å². The summed E-state index contributed by atoms with van der Waals surface area (Å²) < 4.78 is 5.31. The lowest BCUT2D eigenvalue weighted by molar-refractivity contribution is 0.411. The molecule has 1 heterocycles. The maximum absolute atomic E-state index is 5.31. The summed E-state index contributed by atoms with van der Waals surface area (Å²) in [6.07, 6.45) is 2.49. The van der Waals surface area contributed by atoms with Gasteiger partial charge in [-0.2, -0.15) is 0 Å². The second-order valence-electron chi connectivity index (χ2n) is 4.31. The van der Waals surface area contributed by atoms with E-state index in [9.17, 15) is 0 Å². The zero-order valence-electron chi connectivity index (χ0n) is 9.95. The number of piperidine rings is 1. The van der Waals surface area contributed by atoms with Crippen molar-refractivity contribution in [3.63, 3.8) is 0 Å². The molecule has 2 rings (SSSR count). The predicted molar refractivity (Wildman–Crippen MR) is 69.8 cm³/mol. The number of ether oxygens (including phenoxy) is 1. The topological polar surface area (TPSA) is 21.3 Å². The highest BCUT2D eigenvalue weighted by atomic mass is 35.5. The van der Waals surface area contributed by atoms with Gasteiger partial charge >= 0.3 is 0 Å². The molecule has 1 aliphatic heterocycles. The van der Waals surface area contributed by atoms with Crippen molar-refractivity contribution in [1.29, 1.82) is 0 Å². The standard InChI is InChI=1S/C13H19NO.ClH/c1-10-7-12(9-13(8-10)15-2)11-3-5-14-6-4-11;/h7-9,11,14H,3-6H2,1-2H3;1H. The Kier molecular flexibility index (Phi) is 5.10. The molecule has 1 fully saturated rings. The van der Waals surface area contributed by atoms with Crippen LogP contribution < -0.4 is 10.1 Å². The van der Waals surface area contributed by atoms with Crippen molar-refractivity contribution in [3.05, 3.63) is 29.3 Å². The molecule has 0 spiro atoms. The molecular weight excluding hydrogens is 222 g/mol. The van der Waals surface area contributed by atoms with E-state index in [1.807, 2.05) is 0 Å². The number of nitrogens with one attached hydrogen (secondary N) is 1. The van der Waals surface area contributed by atoms with E-state index in [1.165, 1.54) is 24.0 Å². The first-order valence-corrected chi connectivity index (χ1v) is 5.66. The molecule has 16 heavy (non-hydrogen) atoms. The van der Waals surface area contributed by atoms with Crippen LogP contribution in [0.1, 0.15) is 29.9 Å². The number of hydrogen-bond donors (Lipinski definition) is 1. The van der Waals surface area contributed by atoms with Crippen LogP contribution in [-0.4, -0.2) is 20.2 Å². The Morgan fingerprint density at radius 3 is 2.50 bits per heavy atom. The van der Waals surface area contributed by atoms with Crippen molar-refractivity contribution in [2.24, 2.45) is 0 Å². The van der Waals surface area contributed by atoms with Gasteiger partial charge in [0.25, 0.3) is 0 Å². The molecule has 0 amide bonds. The van der Waals surface area contributed by atoms with Crippen LogP contribution in [0, 0.1) is 6.92 Å². The molecule has 0 bridgehead atoms. The van der Waals surface area contributed by atoms with Crippen molar-refractivity contribution >= 4 is 12.4 Å². The number of benzene rings is 1. The first kappa shape index (κ1) is 13.3. The maximum Gasteiger partial charge on any atom is 0.119 e. The SMILES string of the molecule is COc1cc(C)cc(C2CCNCC2)c1.Cl. The zero-order valence-corrected chi connectivity index (χ0v) is 10.8. The minimum absolute atomic E-state index is 0. The molecule has 1 aliphatic rings. The molecule has 1 aromatic rings. The minimum Gasteiger partial charge on any atom is -0.497 e. The van der Waals surface area contributed by atoms with E-state index >= 15 is 0 Å². The molecule has 1 N–H and O–H groups in total. The van der Waals surface area contributed by atoms with Crippen LogP contribution in [0.2, 0.25) is 0 Å². The Bertz CT molecular complexity index is 335. The number of hydrogen-bond acceptors (Lipinski definition) is 2. The van der Waals surface area contributed by atoms with Gasteiger partial charge in [0.05, 0.1) is 7.11 Å². The lowest BCUT2D eigenvalue weighted by atomic mass is 9.89. The Hall–Kier alpha value is -0.730.